The van der Waals surface area contributed by atoms with Gasteiger partial charge < -0.3 is 15.5 Å². The second kappa shape index (κ2) is 10.1. The normalized spacial score (nSPS) is 11.1. The zero-order chi connectivity index (χ0) is 18.8. The van der Waals surface area contributed by atoms with Gasteiger partial charge in [0, 0.05) is 51.1 Å². The highest BCUT2D eigenvalue weighted by atomic mass is 19.1. The maximum atomic E-state index is 13.6. The Morgan fingerprint density at radius 2 is 1.96 bits per heavy atom. The van der Waals surface area contributed by atoms with Crippen LogP contribution >= 0.6 is 0 Å². The van der Waals surface area contributed by atoms with Crippen molar-refractivity contribution in [3.05, 3.63) is 65.7 Å². The smallest absolute Gasteiger partial charge is 0.241 e. The van der Waals surface area contributed by atoms with Crippen LogP contribution < -0.4 is 10.6 Å². The van der Waals surface area contributed by atoms with Gasteiger partial charge in [-0.2, -0.15) is 0 Å². The summed E-state index contributed by atoms with van der Waals surface area (Å²) in [6.45, 7) is 0.977. The average molecular weight is 357 g/mol. The Morgan fingerprint density at radius 3 is 2.65 bits per heavy atom. The molecule has 0 aliphatic heterocycles. The first-order valence-corrected chi connectivity index (χ1v) is 8.42. The van der Waals surface area contributed by atoms with Gasteiger partial charge in [0.25, 0.3) is 0 Å². The van der Waals surface area contributed by atoms with Crippen molar-refractivity contribution in [2.45, 2.75) is 13.0 Å². The lowest BCUT2D eigenvalue weighted by atomic mass is 10.2. The lowest BCUT2D eigenvalue weighted by Crippen LogP contribution is -2.43. The van der Waals surface area contributed by atoms with Crippen LogP contribution in [0.5, 0.6) is 0 Å². The molecule has 0 atom stereocenters. The van der Waals surface area contributed by atoms with Gasteiger partial charge in [0.15, 0.2) is 5.96 Å². The molecule has 6 nitrogen and oxygen atoms in total. The van der Waals surface area contributed by atoms with Gasteiger partial charge in [0.2, 0.25) is 5.91 Å². The summed E-state index contributed by atoms with van der Waals surface area (Å²) >= 11 is 0. The summed E-state index contributed by atoms with van der Waals surface area (Å²) < 4.78 is 13.6. The van der Waals surface area contributed by atoms with Crippen molar-refractivity contribution in [1.82, 2.24) is 20.5 Å². The van der Waals surface area contributed by atoms with E-state index in [1.54, 1.807) is 43.4 Å². The van der Waals surface area contributed by atoms with E-state index in [0.717, 1.165) is 5.69 Å². The molecule has 26 heavy (non-hydrogen) atoms. The molecule has 1 amide bonds. The number of rotatable bonds is 7. The van der Waals surface area contributed by atoms with E-state index in [2.05, 4.69) is 20.6 Å². The standard InChI is InChI=1S/C19H24FN5O/c1-21-19(23-13-15-7-3-4-9-17(15)20)24-14-18(26)25(2)12-10-16-8-5-6-11-22-16/h3-9,11H,10,12-14H2,1-2H3,(H2,21,23,24). The minimum atomic E-state index is -0.277. The molecule has 1 heterocycles. The summed E-state index contributed by atoms with van der Waals surface area (Å²) in [5, 5.41) is 5.94. The van der Waals surface area contributed by atoms with Crippen molar-refractivity contribution in [2.24, 2.45) is 4.99 Å². The van der Waals surface area contributed by atoms with Gasteiger partial charge in [0.05, 0.1) is 6.54 Å². The Hall–Kier alpha value is -2.96. The van der Waals surface area contributed by atoms with Crippen LogP contribution in [0, 0.1) is 5.82 Å². The monoisotopic (exact) mass is 357 g/mol. The Labute approximate surface area is 153 Å². The predicted molar refractivity (Wildman–Crippen MR) is 100 cm³/mol. The molecule has 1 aromatic heterocycles. The number of amides is 1. The van der Waals surface area contributed by atoms with Crippen LogP contribution in [0.15, 0.2) is 53.7 Å². The number of carbonyl (C=O) groups excluding carboxylic acids is 1. The van der Waals surface area contributed by atoms with E-state index in [-0.39, 0.29) is 24.8 Å². The third kappa shape index (κ3) is 6.16. The van der Waals surface area contributed by atoms with Gasteiger partial charge in [-0.05, 0) is 18.2 Å². The zero-order valence-electron chi connectivity index (χ0n) is 15.1. The van der Waals surface area contributed by atoms with Gasteiger partial charge in [-0.1, -0.05) is 24.3 Å². The van der Waals surface area contributed by atoms with Gasteiger partial charge in [-0.25, -0.2) is 4.39 Å². The van der Waals surface area contributed by atoms with E-state index in [1.165, 1.54) is 6.07 Å². The number of hydrogen-bond donors (Lipinski definition) is 2. The maximum absolute atomic E-state index is 13.6. The quantitative estimate of drug-likeness (QED) is 0.583. The lowest BCUT2D eigenvalue weighted by Gasteiger charge is -2.18. The molecule has 0 saturated carbocycles. The van der Waals surface area contributed by atoms with Crippen LogP contribution in [-0.4, -0.2) is 48.9 Å². The topological polar surface area (TPSA) is 69.6 Å². The van der Waals surface area contributed by atoms with Crippen LogP contribution in [0.3, 0.4) is 0 Å². The molecule has 1 aromatic carbocycles. The Morgan fingerprint density at radius 1 is 1.19 bits per heavy atom. The highest BCUT2D eigenvalue weighted by Gasteiger charge is 2.10. The van der Waals surface area contributed by atoms with E-state index >= 15 is 0 Å². The minimum absolute atomic E-state index is 0.0604. The zero-order valence-corrected chi connectivity index (χ0v) is 15.1. The molecule has 0 bridgehead atoms. The van der Waals surface area contributed by atoms with Crippen LogP contribution in [0.4, 0.5) is 4.39 Å². The highest BCUT2D eigenvalue weighted by molar-refractivity contribution is 5.86. The number of nitrogens with zero attached hydrogens (tertiary/aromatic N) is 3. The first kappa shape index (κ1) is 19.4. The second-order valence-electron chi connectivity index (χ2n) is 5.76. The van der Waals surface area contributed by atoms with Crippen molar-refractivity contribution < 1.29 is 9.18 Å². The molecule has 0 spiro atoms. The number of halogens is 1. The number of guanidine groups is 1. The number of carbonyl (C=O) groups is 1. The van der Waals surface area contributed by atoms with E-state index in [0.29, 0.717) is 24.5 Å². The van der Waals surface area contributed by atoms with Crippen LogP contribution in [0.2, 0.25) is 0 Å². The molecular weight excluding hydrogens is 333 g/mol. The number of nitrogens with one attached hydrogen (secondary N) is 2. The molecule has 0 fully saturated rings. The average Bonchev–Trinajstić information content (AvgIpc) is 2.68. The molecule has 138 valence electrons. The van der Waals surface area contributed by atoms with Gasteiger partial charge in [0.1, 0.15) is 5.82 Å². The molecule has 0 radical (unpaired) electrons. The highest BCUT2D eigenvalue weighted by Crippen LogP contribution is 2.05. The number of pyridine rings is 1. The first-order valence-electron chi connectivity index (χ1n) is 8.42. The molecule has 0 saturated heterocycles. The van der Waals surface area contributed by atoms with Gasteiger partial charge >= 0.3 is 0 Å². The van der Waals surface area contributed by atoms with Crippen LogP contribution in [0.1, 0.15) is 11.3 Å². The Bertz CT molecular complexity index is 736. The molecule has 2 N–H and O–H groups in total. The second-order valence-corrected chi connectivity index (χ2v) is 5.76. The fraction of sp³-hybridized carbons (Fsp3) is 0.316. The molecule has 2 aromatic rings. The third-order valence-electron chi connectivity index (χ3n) is 3.89. The van der Waals surface area contributed by atoms with Crippen molar-refractivity contribution in [3.63, 3.8) is 0 Å². The lowest BCUT2D eigenvalue weighted by molar-refractivity contribution is -0.128. The fourth-order valence-corrected chi connectivity index (χ4v) is 2.29. The molecule has 0 unspecified atom stereocenters. The Balaban J connectivity index is 1.74. The molecule has 2 rings (SSSR count). The molecule has 0 aliphatic carbocycles. The number of likely N-dealkylation sites (N-methyl/N-ethyl adjacent to an activating group) is 1. The van der Waals surface area contributed by atoms with E-state index < -0.39 is 0 Å². The van der Waals surface area contributed by atoms with Gasteiger partial charge in [-0.3, -0.25) is 14.8 Å². The molecule has 0 aliphatic rings. The number of benzene rings is 1. The number of aliphatic imine (C=N–C) groups is 1. The summed E-state index contributed by atoms with van der Waals surface area (Å²) in [4.78, 5) is 22.2. The SMILES string of the molecule is CN=C(NCC(=O)N(C)CCc1ccccn1)NCc1ccccc1F. The third-order valence-corrected chi connectivity index (χ3v) is 3.89. The minimum Gasteiger partial charge on any atom is -0.352 e. The van der Waals surface area contributed by atoms with Crippen LogP contribution in [0.25, 0.3) is 0 Å². The summed E-state index contributed by atoms with van der Waals surface area (Å²) in [6, 6.07) is 12.3. The van der Waals surface area contributed by atoms with Gasteiger partial charge in [-0.15, -0.1) is 0 Å². The van der Waals surface area contributed by atoms with E-state index in [4.69, 9.17) is 0 Å². The molecular formula is C19H24FN5O. The predicted octanol–water partition coefficient (Wildman–Crippen LogP) is 1.59. The van der Waals surface area contributed by atoms with Crippen molar-refractivity contribution in [1.29, 1.82) is 0 Å². The van der Waals surface area contributed by atoms with E-state index in [1.807, 2.05) is 18.2 Å². The maximum Gasteiger partial charge on any atom is 0.241 e. The van der Waals surface area contributed by atoms with E-state index in [9.17, 15) is 9.18 Å². The summed E-state index contributed by atoms with van der Waals surface area (Å²) in [5.41, 5.74) is 1.48. The van der Waals surface area contributed by atoms with Crippen molar-refractivity contribution in [2.75, 3.05) is 27.2 Å². The van der Waals surface area contributed by atoms with Crippen LogP contribution in [-0.2, 0) is 17.8 Å². The Kier molecular flexibility index (Phi) is 7.54. The number of hydrogen-bond acceptors (Lipinski definition) is 3. The summed E-state index contributed by atoms with van der Waals surface area (Å²) in [7, 11) is 3.36. The summed E-state index contributed by atoms with van der Waals surface area (Å²) in [5.74, 6) is 0.107. The molecule has 7 heteroatoms. The fourth-order valence-electron chi connectivity index (χ4n) is 2.29. The van der Waals surface area contributed by atoms with Crippen molar-refractivity contribution in [3.8, 4) is 0 Å². The van der Waals surface area contributed by atoms with Crippen molar-refractivity contribution >= 4 is 11.9 Å². The summed E-state index contributed by atoms with van der Waals surface area (Å²) in [6.07, 6.45) is 2.44. The largest absolute Gasteiger partial charge is 0.352 e. The number of aromatic nitrogens is 1. The first-order chi connectivity index (χ1) is 12.6.